The van der Waals surface area contributed by atoms with Gasteiger partial charge in [0, 0.05) is 25.3 Å². The van der Waals surface area contributed by atoms with E-state index in [1.54, 1.807) is 52.1 Å². The van der Waals surface area contributed by atoms with Gasteiger partial charge in [-0.15, -0.1) is 0 Å². The molecule has 9 nitrogen and oxygen atoms in total. The Balaban J connectivity index is 1.60. The van der Waals surface area contributed by atoms with Crippen molar-refractivity contribution in [2.75, 3.05) is 31.3 Å². The molecule has 1 heterocycles. The molecule has 1 fully saturated rings. The maximum Gasteiger partial charge on any atom is 0.410 e. The molecule has 10 heteroatoms. The Morgan fingerprint density at radius 1 is 1.06 bits per heavy atom. The van der Waals surface area contributed by atoms with Crippen LogP contribution >= 0.6 is 0 Å². The van der Waals surface area contributed by atoms with E-state index in [0.29, 0.717) is 17.8 Å². The van der Waals surface area contributed by atoms with Crippen molar-refractivity contribution in [3.05, 3.63) is 59.7 Å². The summed E-state index contributed by atoms with van der Waals surface area (Å²) < 4.78 is 35.9. The highest BCUT2D eigenvalue weighted by atomic mass is 32.2. The van der Waals surface area contributed by atoms with Gasteiger partial charge in [-0.3, -0.25) is 0 Å². The van der Waals surface area contributed by atoms with Crippen molar-refractivity contribution in [3.8, 4) is 5.75 Å². The van der Waals surface area contributed by atoms with Gasteiger partial charge < -0.3 is 25.0 Å². The number of rotatable bonds is 5. The van der Waals surface area contributed by atoms with Crippen LogP contribution in [0.4, 0.5) is 15.3 Å². The Morgan fingerprint density at radius 3 is 2.29 bits per heavy atom. The van der Waals surface area contributed by atoms with Crippen molar-refractivity contribution in [3.63, 3.8) is 0 Å². The van der Waals surface area contributed by atoms with E-state index in [4.69, 9.17) is 9.47 Å². The Bertz CT molecular complexity index is 1110. The standard InChI is InChI=1S/C24H31N3O6S/c1-24(2,3)33-23(29)27-13-14-34(30,31)21(16-27)18-7-9-19(10-8-18)26-22(28)25-15-17-5-11-20(32-4)12-6-17/h5-12,21H,13-16H2,1-4H3,(H2,25,26,28). The number of benzene rings is 2. The topological polar surface area (TPSA) is 114 Å². The second-order valence-electron chi connectivity index (χ2n) is 9.06. The zero-order valence-electron chi connectivity index (χ0n) is 19.8. The van der Waals surface area contributed by atoms with E-state index in [-0.39, 0.29) is 24.9 Å². The molecular weight excluding hydrogens is 458 g/mol. The fourth-order valence-electron chi connectivity index (χ4n) is 3.47. The second kappa shape index (κ2) is 10.3. The lowest BCUT2D eigenvalue weighted by Gasteiger charge is -2.34. The van der Waals surface area contributed by atoms with Crippen molar-refractivity contribution in [1.29, 1.82) is 0 Å². The molecular formula is C24H31N3O6S. The van der Waals surface area contributed by atoms with E-state index in [9.17, 15) is 18.0 Å². The van der Waals surface area contributed by atoms with Crippen LogP contribution in [0.5, 0.6) is 5.75 Å². The van der Waals surface area contributed by atoms with Crippen molar-refractivity contribution < 1.29 is 27.5 Å². The largest absolute Gasteiger partial charge is 0.497 e. The van der Waals surface area contributed by atoms with Gasteiger partial charge >= 0.3 is 12.1 Å². The molecule has 0 spiro atoms. The quantitative estimate of drug-likeness (QED) is 0.662. The molecule has 1 aliphatic heterocycles. The predicted octanol–water partition coefficient (Wildman–Crippen LogP) is 3.72. The Kier molecular flexibility index (Phi) is 7.71. The lowest BCUT2D eigenvalue weighted by molar-refractivity contribution is 0.0253. The smallest absolute Gasteiger partial charge is 0.410 e. The third-order valence-corrected chi connectivity index (χ3v) is 7.31. The zero-order valence-corrected chi connectivity index (χ0v) is 20.6. The molecule has 1 saturated heterocycles. The molecule has 3 amide bonds. The van der Waals surface area contributed by atoms with Crippen molar-refractivity contribution in [2.45, 2.75) is 38.2 Å². The zero-order chi connectivity index (χ0) is 24.9. The van der Waals surface area contributed by atoms with Crippen molar-refractivity contribution in [1.82, 2.24) is 10.2 Å². The van der Waals surface area contributed by atoms with Crippen LogP contribution < -0.4 is 15.4 Å². The molecule has 1 atom stereocenters. The number of sulfone groups is 1. The Hall–Kier alpha value is -3.27. The lowest BCUT2D eigenvalue weighted by Crippen LogP contribution is -2.47. The average Bonchev–Trinajstić information content (AvgIpc) is 2.77. The number of ether oxygens (including phenoxy) is 2. The molecule has 2 aromatic carbocycles. The molecule has 3 rings (SSSR count). The molecule has 2 N–H and O–H groups in total. The Labute approximate surface area is 200 Å². The second-order valence-corrected chi connectivity index (χ2v) is 11.4. The number of methoxy groups -OCH3 is 1. The molecule has 0 radical (unpaired) electrons. The summed E-state index contributed by atoms with van der Waals surface area (Å²) >= 11 is 0. The highest BCUT2D eigenvalue weighted by Gasteiger charge is 2.37. The minimum Gasteiger partial charge on any atom is -0.497 e. The van der Waals surface area contributed by atoms with Gasteiger partial charge in [-0.1, -0.05) is 24.3 Å². The first-order valence-electron chi connectivity index (χ1n) is 10.9. The minimum atomic E-state index is -3.43. The van der Waals surface area contributed by atoms with Gasteiger partial charge in [0.25, 0.3) is 0 Å². The molecule has 0 saturated carbocycles. The van der Waals surface area contributed by atoms with Crippen LogP contribution in [0, 0.1) is 0 Å². The third kappa shape index (κ3) is 6.86. The number of carbonyl (C=O) groups excluding carboxylic acids is 2. The lowest BCUT2D eigenvalue weighted by atomic mass is 10.1. The fraction of sp³-hybridized carbons (Fsp3) is 0.417. The molecule has 0 bridgehead atoms. The molecule has 184 valence electrons. The molecule has 1 aliphatic rings. The summed E-state index contributed by atoms with van der Waals surface area (Å²) in [6.07, 6.45) is -0.529. The van der Waals surface area contributed by atoms with Crippen LogP contribution in [-0.4, -0.2) is 57.0 Å². The van der Waals surface area contributed by atoms with E-state index in [2.05, 4.69) is 10.6 Å². The van der Waals surface area contributed by atoms with Crippen LogP contribution in [0.1, 0.15) is 37.1 Å². The number of hydrogen-bond donors (Lipinski definition) is 2. The summed E-state index contributed by atoms with van der Waals surface area (Å²) in [7, 11) is -1.84. The summed E-state index contributed by atoms with van der Waals surface area (Å²) in [5.41, 5.74) is 1.33. The van der Waals surface area contributed by atoms with Crippen LogP contribution in [-0.2, 0) is 21.1 Å². The van der Waals surface area contributed by atoms with Gasteiger partial charge in [0.15, 0.2) is 9.84 Å². The number of nitrogens with one attached hydrogen (secondary N) is 2. The van der Waals surface area contributed by atoms with E-state index < -0.39 is 26.8 Å². The highest BCUT2D eigenvalue weighted by molar-refractivity contribution is 7.91. The summed E-state index contributed by atoms with van der Waals surface area (Å²) in [5, 5.41) is 4.64. The molecule has 0 aliphatic carbocycles. The summed E-state index contributed by atoms with van der Waals surface area (Å²) in [6, 6.07) is 13.6. The summed E-state index contributed by atoms with van der Waals surface area (Å²) in [6.45, 7) is 5.76. The number of carbonyl (C=O) groups is 2. The van der Waals surface area contributed by atoms with E-state index in [0.717, 1.165) is 11.3 Å². The molecule has 34 heavy (non-hydrogen) atoms. The molecule has 1 unspecified atom stereocenters. The van der Waals surface area contributed by atoms with Gasteiger partial charge in [0.1, 0.15) is 16.6 Å². The predicted molar refractivity (Wildman–Crippen MR) is 130 cm³/mol. The van der Waals surface area contributed by atoms with Gasteiger partial charge in [0.2, 0.25) is 0 Å². The van der Waals surface area contributed by atoms with Crippen molar-refractivity contribution in [2.24, 2.45) is 0 Å². The van der Waals surface area contributed by atoms with Crippen LogP contribution in [0.3, 0.4) is 0 Å². The number of amides is 3. The van der Waals surface area contributed by atoms with E-state index >= 15 is 0 Å². The maximum absolute atomic E-state index is 12.7. The van der Waals surface area contributed by atoms with E-state index in [1.165, 1.54) is 4.90 Å². The minimum absolute atomic E-state index is 0.0202. The number of nitrogens with zero attached hydrogens (tertiary/aromatic N) is 1. The van der Waals surface area contributed by atoms with Crippen LogP contribution in [0.2, 0.25) is 0 Å². The molecule has 0 aromatic heterocycles. The van der Waals surface area contributed by atoms with E-state index in [1.807, 2.05) is 24.3 Å². The number of hydrogen-bond acceptors (Lipinski definition) is 6. The average molecular weight is 490 g/mol. The SMILES string of the molecule is COc1ccc(CNC(=O)Nc2ccc(C3CN(C(=O)OC(C)(C)C)CCS3(=O)=O)cc2)cc1. The first-order valence-corrected chi connectivity index (χ1v) is 12.7. The van der Waals surface area contributed by atoms with Crippen molar-refractivity contribution >= 4 is 27.6 Å². The monoisotopic (exact) mass is 489 g/mol. The number of urea groups is 1. The Morgan fingerprint density at radius 2 is 1.71 bits per heavy atom. The van der Waals surface area contributed by atoms with Crippen LogP contribution in [0.15, 0.2) is 48.5 Å². The van der Waals surface area contributed by atoms with Gasteiger partial charge in [-0.25, -0.2) is 18.0 Å². The van der Waals surface area contributed by atoms with Crippen LogP contribution in [0.25, 0.3) is 0 Å². The fourth-order valence-corrected chi connectivity index (χ4v) is 5.21. The number of anilines is 1. The first-order chi connectivity index (χ1) is 16.0. The summed E-state index contributed by atoms with van der Waals surface area (Å²) in [4.78, 5) is 26.1. The van der Waals surface area contributed by atoms with Gasteiger partial charge in [0.05, 0.1) is 12.9 Å². The molecule has 2 aromatic rings. The third-order valence-electron chi connectivity index (χ3n) is 5.27. The maximum atomic E-state index is 12.7. The normalized spacial score (nSPS) is 17.5. The van der Waals surface area contributed by atoms with Gasteiger partial charge in [-0.05, 0) is 56.2 Å². The first kappa shape index (κ1) is 25.4. The highest BCUT2D eigenvalue weighted by Crippen LogP contribution is 2.29. The summed E-state index contributed by atoms with van der Waals surface area (Å²) in [5.74, 6) is 0.604. The van der Waals surface area contributed by atoms with Gasteiger partial charge in [-0.2, -0.15) is 0 Å².